The molecule has 1 saturated heterocycles. The van der Waals surface area contributed by atoms with Gasteiger partial charge in [-0.1, -0.05) is 0 Å². The summed E-state index contributed by atoms with van der Waals surface area (Å²) >= 11 is 0. The highest BCUT2D eigenvalue weighted by molar-refractivity contribution is 7.89. The first-order chi connectivity index (χ1) is 16.9. The van der Waals surface area contributed by atoms with E-state index in [0.29, 0.717) is 18.8 Å². The first-order valence-electron chi connectivity index (χ1n) is 11.8. The number of furan rings is 1. The number of likely N-dealkylation sites (tertiary alicyclic amines) is 1. The number of benzene rings is 2. The molecule has 2 N–H and O–H groups in total. The molecule has 0 bridgehead atoms. The van der Waals surface area contributed by atoms with Crippen molar-refractivity contribution in [1.82, 2.24) is 9.62 Å². The van der Waals surface area contributed by atoms with Crippen molar-refractivity contribution in [3.8, 4) is 11.5 Å². The van der Waals surface area contributed by atoms with Crippen molar-refractivity contribution in [3.05, 3.63) is 48.7 Å². The molecule has 1 aromatic heterocycles. The fraction of sp³-hybridized carbons (Fsp3) is 0.400. The minimum absolute atomic E-state index is 0.0708. The number of hydrogen-bond acceptors (Lipinski definition) is 7. The molecule has 10 heteroatoms. The van der Waals surface area contributed by atoms with Gasteiger partial charge in [0.25, 0.3) is 0 Å². The third-order valence-electron chi connectivity index (χ3n) is 6.47. The summed E-state index contributed by atoms with van der Waals surface area (Å²) in [5.41, 5.74) is 1.34. The highest BCUT2D eigenvalue weighted by Crippen LogP contribution is 2.39. The number of rotatable bonds is 7. The lowest BCUT2D eigenvalue weighted by Gasteiger charge is -2.35. The lowest BCUT2D eigenvalue weighted by atomic mass is 9.97. The van der Waals surface area contributed by atoms with Crippen molar-refractivity contribution in [2.24, 2.45) is 5.92 Å². The predicted octanol–water partition coefficient (Wildman–Crippen LogP) is 3.22. The molecule has 0 unspecified atom stereocenters. The van der Waals surface area contributed by atoms with E-state index in [1.165, 1.54) is 19.1 Å². The van der Waals surface area contributed by atoms with Gasteiger partial charge in [-0.2, -0.15) is 0 Å². The number of fused-ring (bicyclic) bond motifs is 3. The molecule has 2 aromatic carbocycles. The molecule has 9 nitrogen and oxygen atoms in total. The molecule has 1 atom stereocenters. The van der Waals surface area contributed by atoms with E-state index in [1.807, 2.05) is 18.2 Å². The van der Waals surface area contributed by atoms with Crippen molar-refractivity contribution in [3.63, 3.8) is 0 Å². The normalized spacial score (nSPS) is 19.1. The van der Waals surface area contributed by atoms with Crippen LogP contribution in [-0.4, -0.2) is 58.1 Å². The summed E-state index contributed by atoms with van der Waals surface area (Å²) in [6.45, 7) is 4.81. The highest BCUT2D eigenvalue weighted by atomic mass is 32.2. The van der Waals surface area contributed by atoms with Crippen LogP contribution in [0.2, 0.25) is 0 Å². The van der Waals surface area contributed by atoms with E-state index in [4.69, 9.17) is 13.9 Å². The molecule has 3 aromatic rings. The lowest BCUT2D eigenvalue weighted by Crippen LogP contribution is -2.45. The Labute approximate surface area is 204 Å². The average molecular weight is 500 g/mol. The van der Waals surface area contributed by atoms with Gasteiger partial charge in [0.15, 0.2) is 11.5 Å². The maximum atomic E-state index is 12.7. The van der Waals surface area contributed by atoms with Crippen LogP contribution in [0.25, 0.3) is 11.0 Å². The zero-order valence-corrected chi connectivity index (χ0v) is 20.3. The molecule has 5 rings (SSSR count). The number of piperidine rings is 1. The van der Waals surface area contributed by atoms with Gasteiger partial charge < -0.3 is 19.2 Å². The molecule has 2 aliphatic heterocycles. The number of anilines is 1. The Bertz CT molecular complexity index is 1300. The quantitative estimate of drug-likeness (QED) is 0.514. The van der Waals surface area contributed by atoms with Crippen molar-refractivity contribution in [1.29, 1.82) is 0 Å². The van der Waals surface area contributed by atoms with Crippen molar-refractivity contribution in [2.45, 2.75) is 30.8 Å². The van der Waals surface area contributed by atoms with Crippen molar-refractivity contribution in [2.75, 3.05) is 38.1 Å². The van der Waals surface area contributed by atoms with Gasteiger partial charge in [-0.15, -0.1) is 0 Å². The Hall–Kier alpha value is -3.08. The van der Waals surface area contributed by atoms with Gasteiger partial charge in [-0.3, -0.25) is 9.69 Å². The van der Waals surface area contributed by atoms with Gasteiger partial charge in [-0.25, -0.2) is 13.1 Å². The topological polar surface area (TPSA) is 110 Å². The maximum Gasteiger partial charge on any atom is 0.240 e. The van der Waals surface area contributed by atoms with Gasteiger partial charge in [0.05, 0.1) is 16.5 Å². The second-order valence-electron chi connectivity index (χ2n) is 9.08. The molecule has 0 spiro atoms. The van der Waals surface area contributed by atoms with Crippen LogP contribution in [0.4, 0.5) is 5.69 Å². The van der Waals surface area contributed by atoms with Gasteiger partial charge in [0.2, 0.25) is 15.9 Å². The molecule has 1 fully saturated rings. The van der Waals surface area contributed by atoms with E-state index in [2.05, 4.69) is 14.9 Å². The van der Waals surface area contributed by atoms with Crippen molar-refractivity contribution < 1.29 is 27.1 Å². The summed E-state index contributed by atoms with van der Waals surface area (Å²) in [5.74, 6) is 1.55. The number of amides is 1. The highest BCUT2D eigenvalue weighted by Gasteiger charge is 2.28. The first-order valence-corrected chi connectivity index (χ1v) is 13.2. The Balaban J connectivity index is 1.09. The number of sulfonamides is 1. The number of carbonyl (C=O) groups excluding carboxylic acids is 1. The molecule has 186 valence electrons. The minimum atomic E-state index is -3.60. The van der Waals surface area contributed by atoms with Crippen molar-refractivity contribution >= 4 is 32.6 Å². The molecular weight excluding hydrogens is 470 g/mol. The SMILES string of the molecule is CC(=O)Nc1ccc(S(=O)(=O)NCC2CCN(C[C@H]3COc4ccc5occc5c4O3)CC2)cc1. The second kappa shape index (κ2) is 9.88. The molecule has 0 saturated carbocycles. The molecule has 1 amide bonds. The van der Waals surface area contributed by atoms with E-state index < -0.39 is 10.0 Å². The summed E-state index contributed by atoms with van der Waals surface area (Å²) in [6, 6.07) is 11.8. The monoisotopic (exact) mass is 499 g/mol. The Morgan fingerprint density at radius 2 is 1.86 bits per heavy atom. The van der Waals surface area contributed by atoms with E-state index in [0.717, 1.165) is 54.9 Å². The zero-order chi connectivity index (χ0) is 24.4. The van der Waals surface area contributed by atoms with Crippen LogP contribution in [0.3, 0.4) is 0 Å². The fourth-order valence-corrected chi connectivity index (χ4v) is 5.71. The van der Waals surface area contributed by atoms with E-state index in [-0.39, 0.29) is 22.8 Å². The third-order valence-corrected chi connectivity index (χ3v) is 7.91. The van der Waals surface area contributed by atoms with Gasteiger partial charge in [0.1, 0.15) is 18.3 Å². The molecular formula is C25H29N3O6S. The maximum absolute atomic E-state index is 12.7. The summed E-state index contributed by atoms with van der Waals surface area (Å²) in [5, 5.41) is 3.55. The van der Waals surface area contributed by atoms with E-state index in [1.54, 1.807) is 18.4 Å². The van der Waals surface area contributed by atoms with Crippen LogP contribution in [0.5, 0.6) is 11.5 Å². The van der Waals surface area contributed by atoms with Gasteiger partial charge in [0, 0.05) is 25.7 Å². The third kappa shape index (κ3) is 5.44. The van der Waals surface area contributed by atoms with Crippen LogP contribution in [0.1, 0.15) is 19.8 Å². The smallest absolute Gasteiger partial charge is 0.240 e. The predicted molar refractivity (Wildman–Crippen MR) is 131 cm³/mol. The Morgan fingerprint density at radius 1 is 1.09 bits per heavy atom. The van der Waals surface area contributed by atoms with Crippen LogP contribution >= 0.6 is 0 Å². The largest absolute Gasteiger partial charge is 0.486 e. The standard InChI is InChI=1S/C25H29N3O6S/c1-17(29)27-19-2-4-21(5-3-19)35(30,31)26-14-18-8-11-28(12-9-18)15-20-16-33-24-7-6-23-22(10-13-32-23)25(24)34-20/h2-7,10,13,18,20,26H,8-9,11-12,14-16H2,1H3,(H,27,29)/t20-/m0/s1. The zero-order valence-electron chi connectivity index (χ0n) is 19.5. The molecule has 2 aliphatic rings. The minimum Gasteiger partial charge on any atom is -0.486 e. The lowest BCUT2D eigenvalue weighted by molar-refractivity contribution is -0.114. The average Bonchev–Trinajstić information content (AvgIpc) is 3.33. The molecule has 0 aliphatic carbocycles. The van der Waals surface area contributed by atoms with Crippen LogP contribution in [-0.2, 0) is 14.8 Å². The summed E-state index contributed by atoms with van der Waals surface area (Å²) in [7, 11) is -3.60. The second-order valence-corrected chi connectivity index (χ2v) is 10.8. The fourth-order valence-electron chi connectivity index (χ4n) is 4.60. The van der Waals surface area contributed by atoms with Crippen LogP contribution < -0.4 is 19.5 Å². The number of hydrogen-bond donors (Lipinski definition) is 2. The van der Waals surface area contributed by atoms with Crippen LogP contribution in [0, 0.1) is 5.92 Å². The summed E-state index contributed by atoms with van der Waals surface area (Å²) in [4.78, 5) is 13.7. The number of ether oxygens (including phenoxy) is 2. The Morgan fingerprint density at radius 3 is 2.60 bits per heavy atom. The number of carbonyl (C=O) groups is 1. The first kappa shape index (κ1) is 23.7. The van der Waals surface area contributed by atoms with Gasteiger partial charge in [-0.05, 0) is 74.3 Å². The molecule has 3 heterocycles. The van der Waals surface area contributed by atoms with E-state index in [9.17, 15) is 13.2 Å². The van der Waals surface area contributed by atoms with E-state index >= 15 is 0 Å². The Kier molecular flexibility index (Phi) is 6.68. The summed E-state index contributed by atoms with van der Waals surface area (Å²) < 4.78 is 45.7. The van der Waals surface area contributed by atoms with Crippen LogP contribution in [0.15, 0.2) is 58.0 Å². The molecule has 0 radical (unpaired) electrons. The summed E-state index contributed by atoms with van der Waals surface area (Å²) in [6.07, 6.45) is 3.39. The number of nitrogens with zero attached hydrogens (tertiary/aromatic N) is 1. The molecule has 35 heavy (non-hydrogen) atoms. The van der Waals surface area contributed by atoms with Gasteiger partial charge >= 0.3 is 0 Å². The number of nitrogens with one attached hydrogen (secondary N) is 2.